The molecule has 1 saturated carbocycles. The Labute approximate surface area is 298 Å². The van der Waals surface area contributed by atoms with Crippen molar-refractivity contribution in [1.29, 1.82) is 0 Å². The van der Waals surface area contributed by atoms with Crippen LogP contribution in [0.2, 0.25) is 0 Å². The molecular weight excluding hydrogens is 652 g/mol. The number of hydrogen-bond donors (Lipinski definition) is 2. The number of imide groups is 1. The summed E-state index contributed by atoms with van der Waals surface area (Å²) in [6.45, 7) is 9.43. The monoisotopic (exact) mass is 698 g/mol. The van der Waals surface area contributed by atoms with Crippen LogP contribution in [0.5, 0.6) is 11.5 Å². The molecule has 12 heteroatoms. The minimum Gasteiger partial charge on any atom is -0.495 e. The number of methoxy groups -OCH3 is 1. The Morgan fingerprint density at radius 3 is 2.22 bits per heavy atom. The Bertz CT molecular complexity index is 1790. The number of nitrogens with one attached hydrogen (secondary N) is 2. The molecule has 270 valence electrons. The lowest BCUT2D eigenvalue weighted by Gasteiger charge is -2.27. The molecule has 3 unspecified atom stereocenters. The molecule has 1 aliphatic heterocycles. The highest BCUT2D eigenvalue weighted by atomic mass is 16.5. The first-order valence-electron chi connectivity index (χ1n) is 17.3. The molecule has 1 saturated heterocycles. The average molecular weight is 699 g/mol. The van der Waals surface area contributed by atoms with Crippen molar-refractivity contribution in [3.8, 4) is 11.5 Å². The molecule has 3 aromatic rings. The van der Waals surface area contributed by atoms with Crippen LogP contribution in [0.15, 0.2) is 66.7 Å². The van der Waals surface area contributed by atoms with Crippen molar-refractivity contribution in [3.63, 3.8) is 0 Å². The van der Waals surface area contributed by atoms with Crippen LogP contribution in [0.4, 0.5) is 16.2 Å². The highest BCUT2D eigenvalue weighted by Gasteiger charge is 2.59. The first-order chi connectivity index (χ1) is 24.5. The van der Waals surface area contributed by atoms with Gasteiger partial charge in [-0.25, -0.2) is 9.69 Å². The van der Waals surface area contributed by atoms with Gasteiger partial charge in [0, 0.05) is 17.7 Å². The van der Waals surface area contributed by atoms with Gasteiger partial charge in [0.1, 0.15) is 11.5 Å². The van der Waals surface area contributed by atoms with Crippen LogP contribution in [0.25, 0.3) is 0 Å². The SMILES string of the molecule is CCOC1C(=O)N(C(C(=O)Nc2cc(NC(=O)C(CC)Oc3ccc(C)cc3C)ccc2OC)C(=O)C2(CC)CC2)C(=O)N1Cc1ccccc1. The summed E-state index contributed by atoms with van der Waals surface area (Å²) in [6.07, 6.45) is -0.196. The first kappa shape index (κ1) is 37.0. The molecule has 51 heavy (non-hydrogen) atoms. The zero-order valence-corrected chi connectivity index (χ0v) is 30.0. The fourth-order valence-electron chi connectivity index (χ4n) is 6.36. The van der Waals surface area contributed by atoms with Gasteiger partial charge in [-0.1, -0.05) is 61.9 Å². The van der Waals surface area contributed by atoms with E-state index < -0.39 is 53.3 Å². The van der Waals surface area contributed by atoms with Gasteiger partial charge < -0.3 is 24.8 Å². The van der Waals surface area contributed by atoms with Gasteiger partial charge in [0.25, 0.3) is 17.7 Å². The topological polar surface area (TPSA) is 144 Å². The van der Waals surface area contributed by atoms with Gasteiger partial charge in [0.05, 0.1) is 19.3 Å². The van der Waals surface area contributed by atoms with Gasteiger partial charge in [-0.3, -0.25) is 24.1 Å². The van der Waals surface area contributed by atoms with Gasteiger partial charge >= 0.3 is 6.03 Å². The molecule has 1 heterocycles. The van der Waals surface area contributed by atoms with Crippen molar-refractivity contribution >= 4 is 40.9 Å². The normalized spacial score (nSPS) is 17.5. The smallest absolute Gasteiger partial charge is 0.330 e. The molecule has 0 aromatic heterocycles. The molecular formula is C39H46N4O8. The Hall–Kier alpha value is -5.23. The molecule has 2 aliphatic rings. The van der Waals surface area contributed by atoms with E-state index >= 15 is 0 Å². The number of nitrogens with zero attached hydrogens (tertiary/aromatic N) is 2. The van der Waals surface area contributed by atoms with Gasteiger partial charge in [-0.15, -0.1) is 0 Å². The standard InChI is InChI=1S/C39H46N4O8/c1-7-29(51-30-17-15-24(4)21-25(30)5)34(45)40-27-16-18-31(49-6)28(22-27)41-35(46)32(33(44)39(8-2)19-20-39)43-36(47)37(50-9-3)42(38(43)48)23-26-13-11-10-12-14-26/h10-18,21-22,29,32,37H,7-9,19-20,23H2,1-6H3,(H,40,45)(H,41,46). The number of ketones is 1. The fourth-order valence-corrected chi connectivity index (χ4v) is 6.36. The maximum atomic E-state index is 14.3. The second-order valence-electron chi connectivity index (χ2n) is 13.0. The number of hydrogen-bond acceptors (Lipinski definition) is 8. The molecule has 2 fully saturated rings. The fraction of sp³-hybridized carbons (Fsp3) is 0.410. The maximum absolute atomic E-state index is 14.3. The molecule has 12 nitrogen and oxygen atoms in total. The second-order valence-corrected chi connectivity index (χ2v) is 13.0. The highest BCUT2D eigenvalue weighted by Crippen LogP contribution is 2.51. The van der Waals surface area contributed by atoms with Crippen LogP contribution < -0.4 is 20.1 Å². The van der Waals surface area contributed by atoms with Crippen molar-refractivity contribution < 1.29 is 38.2 Å². The maximum Gasteiger partial charge on any atom is 0.330 e. The van der Waals surface area contributed by atoms with Crippen LogP contribution in [0.3, 0.4) is 0 Å². The lowest BCUT2D eigenvalue weighted by Crippen LogP contribution is -2.54. The molecule has 5 amide bonds. The summed E-state index contributed by atoms with van der Waals surface area (Å²) in [5.74, 6) is -1.76. The average Bonchev–Trinajstić information content (AvgIpc) is 3.89. The number of Topliss-reactive ketones (excluding diaryl/α,β-unsaturated/α-hetero) is 1. The number of ether oxygens (including phenoxy) is 3. The zero-order valence-electron chi connectivity index (χ0n) is 30.0. The van der Waals surface area contributed by atoms with Gasteiger partial charge in [-0.2, -0.15) is 0 Å². The van der Waals surface area contributed by atoms with Gasteiger partial charge in [-0.05, 0) is 81.8 Å². The number of amides is 5. The summed E-state index contributed by atoms with van der Waals surface area (Å²) in [6, 6.07) is 16.9. The molecule has 0 bridgehead atoms. The third kappa shape index (κ3) is 7.91. The molecule has 1 aliphatic carbocycles. The predicted octanol–water partition coefficient (Wildman–Crippen LogP) is 6.00. The summed E-state index contributed by atoms with van der Waals surface area (Å²) >= 11 is 0. The van der Waals surface area contributed by atoms with Crippen molar-refractivity contribution in [2.75, 3.05) is 24.4 Å². The van der Waals surface area contributed by atoms with Gasteiger partial charge in [0.2, 0.25) is 6.23 Å². The van der Waals surface area contributed by atoms with E-state index in [0.717, 1.165) is 21.6 Å². The lowest BCUT2D eigenvalue weighted by atomic mass is 9.91. The molecule has 3 aromatic carbocycles. The summed E-state index contributed by atoms with van der Waals surface area (Å²) in [7, 11) is 1.41. The van der Waals surface area contributed by atoms with E-state index in [9.17, 15) is 24.0 Å². The Morgan fingerprint density at radius 1 is 0.902 bits per heavy atom. The van der Waals surface area contributed by atoms with E-state index in [4.69, 9.17) is 14.2 Å². The van der Waals surface area contributed by atoms with E-state index in [0.29, 0.717) is 37.1 Å². The van der Waals surface area contributed by atoms with Crippen LogP contribution in [0.1, 0.15) is 63.1 Å². The van der Waals surface area contributed by atoms with Crippen molar-refractivity contribution in [2.24, 2.45) is 5.41 Å². The predicted molar refractivity (Wildman–Crippen MR) is 191 cm³/mol. The van der Waals surface area contributed by atoms with E-state index in [1.807, 2.05) is 76.2 Å². The van der Waals surface area contributed by atoms with Crippen molar-refractivity contribution in [3.05, 3.63) is 83.4 Å². The Morgan fingerprint density at radius 2 is 1.61 bits per heavy atom. The minimum atomic E-state index is -1.77. The number of carbonyl (C=O) groups is 5. The Kier molecular flexibility index (Phi) is 11.4. The highest BCUT2D eigenvalue weighted by molar-refractivity contribution is 6.20. The van der Waals surface area contributed by atoms with Crippen LogP contribution in [0, 0.1) is 19.3 Å². The van der Waals surface area contributed by atoms with Crippen LogP contribution >= 0.6 is 0 Å². The summed E-state index contributed by atoms with van der Waals surface area (Å²) in [5.41, 5.74) is 2.35. The number of rotatable bonds is 16. The lowest BCUT2D eigenvalue weighted by molar-refractivity contribution is -0.149. The van der Waals surface area contributed by atoms with E-state index in [1.54, 1.807) is 19.1 Å². The second kappa shape index (κ2) is 15.8. The molecule has 0 radical (unpaired) electrons. The van der Waals surface area contributed by atoms with Crippen molar-refractivity contribution in [1.82, 2.24) is 9.80 Å². The van der Waals surface area contributed by atoms with Gasteiger partial charge in [0.15, 0.2) is 17.9 Å². The summed E-state index contributed by atoms with van der Waals surface area (Å²) in [4.78, 5) is 71.8. The minimum absolute atomic E-state index is 0.0372. The third-order valence-electron chi connectivity index (χ3n) is 9.50. The summed E-state index contributed by atoms with van der Waals surface area (Å²) < 4.78 is 17.3. The number of benzene rings is 3. The molecule has 5 rings (SSSR count). The number of anilines is 2. The van der Waals surface area contributed by atoms with E-state index in [-0.39, 0.29) is 24.6 Å². The van der Waals surface area contributed by atoms with Crippen LogP contribution in [-0.4, -0.2) is 71.4 Å². The van der Waals surface area contributed by atoms with E-state index in [1.165, 1.54) is 18.1 Å². The number of carbonyl (C=O) groups excluding carboxylic acids is 5. The Balaban J connectivity index is 1.42. The third-order valence-corrected chi connectivity index (χ3v) is 9.50. The first-order valence-corrected chi connectivity index (χ1v) is 17.3. The molecule has 3 atom stereocenters. The number of urea groups is 1. The molecule has 0 spiro atoms. The largest absolute Gasteiger partial charge is 0.495 e. The van der Waals surface area contributed by atoms with Crippen LogP contribution in [-0.2, 0) is 30.5 Å². The zero-order chi connectivity index (χ0) is 36.9. The van der Waals surface area contributed by atoms with Crippen molar-refractivity contribution in [2.45, 2.75) is 85.2 Å². The van der Waals surface area contributed by atoms with E-state index in [2.05, 4.69) is 10.6 Å². The molecule has 2 N–H and O–H groups in total. The number of aryl methyl sites for hydroxylation is 2. The summed E-state index contributed by atoms with van der Waals surface area (Å²) in [5, 5.41) is 5.58. The quantitative estimate of drug-likeness (QED) is 0.137.